The number of rotatable bonds is 10. The number of hydrogen-bond donors (Lipinski definition) is 1. The Morgan fingerprint density at radius 2 is 1.67 bits per heavy atom. The highest BCUT2D eigenvalue weighted by Gasteiger charge is 2.38. The molecule has 3 aliphatic rings. The van der Waals surface area contributed by atoms with Crippen LogP contribution < -0.4 is 9.64 Å². The number of anilines is 1. The number of piperazine rings is 1. The normalized spacial score (nSPS) is 23.5. The second kappa shape index (κ2) is 11.6. The number of aliphatic hydroxyl groups is 1. The van der Waals surface area contributed by atoms with Crippen LogP contribution in [0.25, 0.3) is 0 Å². The molecule has 0 radical (unpaired) electrons. The van der Waals surface area contributed by atoms with Crippen LogP contribution in [0.3, 0.4) is 0 Å². The van der Waals surface area contributed by atoms with Gasteiger partial charge in [-0.05, 0) is 49.1 Å². The van der Waals surface area contributed by atoms with E-state index in [1.165, 1.54) is 11.3 Å². The highest BCUT2D eigenvalue weighted by Crippen LogP contribution is 2.26. The molecular weight excluding hydrogens is 452 g/mol. The summed E-state index contributed by atoms with van der Waals surface area (Å²) in [7, 11) is 0. The van der Waals surface area contributed by atoms with Gasteiger partial charge >= 0.3 is 0 Å². The third-order valence-corrected chi connectivity index (χ3v) is 7.76. The monoisotopic (exact) mass is 492 g/mol. The van der Waals surface area contributed by atoms with Crippen molar-refractivity contribution in [2.75, 3.05) is 70.4 Å². The van der Waals surface area contributed by atoms with Gasteiger partial charge in [0.05, 0.1) is 12.2 Å². The fourth-order valence-corrected chi connectivity index (χ4v) is 5.76. The van der Waals surface area contributed by atoms with E-state index in [2.05, 4.69) is 57.2 Å². The number of likely N-dealkylation sites (tertiary alicyclic amines) is 2. The standard InChI is InChI=1S/C29H40N4O3/c34-28-8-4-14-33(28)15-5-21-36-27-11-9-25(10-12-27)22-31-16-13-29(35,24-31)23-30-17-19-32(20-18-30)26-6-2-1-3-7-26/h1-3,6-7,9-12,35H,4-5,8,13-24H2/t29-/m1/s1. The lowest BCUT2D eigenvalue weighted by Gasteiger charge is -2.39. The van der Waals surface area contributed by atoms with Crippen LogP contribution in [0.4, 0.5) is 5.69 Å². The second-order valence-electron chi connectivity index (χ2n) is 10.6. The van der Waals surface area contributed by atoms with Crippen molar-refractivity contribution in [2.24, 2.45) is 0 Å². The Hall–Kier alpha value is -2.61. The maximum absolute atomic E-state index is 11.7. The summed E-state index contributed by atoms with van der Waals surface area (Å²) in [5.41, 5.74) is 1.90. The van der Waals surface area contributed by atoms with Crippen LogP contribution in [0, 0.1) is 0 Å². The number of carbonyl (C=O) groups is 1. The molecule has 3 saturated heterocycles. The summed E-state index contributed by atoms with van der Waals surface area (Å²) >= 11 is 0. The van der Waals surface area contributed by atoms with Crippen LogP contribution in [0.5, 0.6) is 5.75 Å². The van der Waals surface area contributed by atoms with Crippen molar-refractivity contribution in [3.63, 3.8) is 0 Å². The molecule has 7 nitrogen and oxygen atoms in total. The lowest BCUT2D eigenvalue weighted by Crippen LogP contribution is -2.52. The molecule has 5 rings (SSSR count). The number of ether oxygens (including phenoxy) is 1. The Kier molecular flexibility index (Phi) is 8.09. The average molecular weight is 493 g/mol. The number of para-hydroxylation sites is 1. The van der Waals surface area contributed by atoms with Crippen LogP contribution in [-0.2, 0) is 11.3 Å². The third kappa shape index (κ3) is 6.58. The highest BCUT2D eigenvalue weighted by molar-refractivity contribution is 5.77. The zero-order valence-corrected chi connectivity index (χ0v) is 21.4. The minimum Gasteiger partial charge on any atom is -0.494 e. The topological polar surface area (TPSA) is 59.5 Å². The van der Waals surface area contributed by atoms with E-state index in [1.807, 2.05) is 17.0 Å². The first-order valence-electron chi connectivity index (χ1n) is 13.5. The summed E-state index contributed by atoms with van der Waals surface area (Å²) in [4.78, 5) is 20.8. The minimum absolute atomic E-state index is 0.277. The number of hydrogen-bond acceptors (Lipinski definition) is 6. The zero-order valence-electron chi connectivity index (χ0n) is 21.4. The van der Waals surface area contributed by atoms with Crippen LogP contribution in [-0.4, -0.2) is 96.8 Å². The Morgan fingerprint density at radius 1 is 0.889 bits per heavy atom. The molecule has 3 fully saturated rings. The molecule has 2 aromatic rings. The van der Waals surface area contributed by atoms with Crippen molar-refractivity contribution >= 4 is 11.6 Å². The molecule has 36 heavy (non-hydrogen) atoms. The van der Waals surface area contributed by atoms with Gasteiger partial charge in [-0.2, -0.15) is 0 Å². The fourth-order valence-electron chi connectivity index (χ4n) is 5.76. The highest BCUT2D eigenvalue weighted by atomic mass is 16.5. The van der Waals surface area contributed by atoms with Crippen LogP contribution in [0.2, 0.25) is 0 Å². The van der Waals surface area contributed by atoms with Crippen molar-refractivity contribution in [3.8, 4) is 5.75 Å². The third-order valence-electron chi connectivity index (χ3n) is 7.76. The molecular formula is C29H40N4O3. The molecule has 0 aliphatic carbocycles. The van der Waals surface area contributed by atoms with Crippen molar-refractivity contribution in [3.05, 3.63) is 60.2 Å². The van der Waals surface area contributed by atoms with E-state index >= 15 is 0 Å². The van der Waals surface area contributed by atoms with Gasteiger partial charge in [0, 0.05) is 77.6 Å². The molecule has 3 heterocycles. The van der Waals surface area contributed by atoms with Crippen LogP contribution in [0.15, 0.2) is 54.6 Å². The largest absolute Gasteiger partial charge is 0.494 e. The molecule has 2 aromatic carbocycles. The number of benzene rings is 2. The Balaban J connectivity index is 1.01. The number of nitrogens with zero attached hydrogens (tertiary/aromatic N) is 4. The van der Waals surface area contributed by atoms with E-state index in [0.717, 1.165) is 90.5 Å². The van der Waals surface area contributed by atoms with Gasteiger partial charge in [-0.15, -0.1) is 0 Å². The molecule has 0 aromatic heterocycles. The molecule has 194 valence electrons. The molecule has 1 N–H and O–H groups in total. The second-order valence-corrected chi connectivity index (χ2v) is 10.6. The molecule has 0 bridgehead atoms. The lowest BCUT2D eigenvalue weighted by atomic mass is 10.0. The fraction of sp³-hybridized carbons (Fsp3) is 0.552. The quantitative estimate of drug-likeness (QED) is 0.515. The van der Waals surface area contributed by atoms with E-state index in [1.54, 1.807) is 0 Å². The number of β-amino-alcohol motifs (C(OH)–C–C–N with tert-alkyl or cyclic N) is 1. The van der Waals surface area contributed by atoms with Crippen molar-refractivity contribution < 1.29 is 14.6 Å². The molecule has 0 spiro atoms. The van der Waals surface area contributed by atoms with Gasteiger partial charge in [-0.1, -0.05) is 30.3 Å². The summed E-state index contributed by atoms with van der Waals surface area (Å²) in [5.74, 6) is 1.15. The van der Waals surface area contributed by atoms with Gasteiger partial charge in [0.15, 0.2) is 0 Å². The summed E-state index contributed by atoms with van der Waals surface area (Å²) in [6.07, 6.45) is 3.37. The Morgan fingerprint density at radius 3 is 2.39 bits per heavy atom. The van der Waals surface area contributed by atoms with E-state index in [4.69, 9.17) is 4.74 Å². The van der Waals surface area contributed by atoms with Gasteiger partial charge in [-0.25, -0.2) is 0 Å². The Bertz CT molecular complexity index is 978. The lowest BCUT2D eigenvalue weighted by molar-refractivity contribution is -0.127. The van der Waals surface area contributed by atoms with Crippen molar-refractivity contribution in [1.82, 2.24) is 14.7 Å². The molecule has 1 atom stereocenters. The summed E-state index contributed by atoms with van der Waals surface area (Å²) in [5, 5.41) is 11.3. The minimum atomic E-state index is -0.630. The smallest absolute Gasteiger partial charge is 0.222 e. The Labute approximate surface area is 215 Å². The first-order valence-corrected chi connectivity index (χ1v) is 13.5. The summed E-state index contributed by atoms with van der Waals surface area (Å²) < 4.78 is 5.88. The number of carbonyl (C=O) groups excluding carboxylic acids is 1. The maximum Gasteiger partial charge on any atom is 0.222 e. The van der Waals surface area contributed by atoms with E-state index in [9.17, 15) is 9.90 Å². The van der Waals surface area contributed by atoms with Gasteiger partial charge < -0.3 is 19.6 Å². The molecule has 0 saturated carbocycles. The predicted octanol–water partition coefficient (Wildman–Crippen LogP) is 2.84. The van der Waals surface area contributed by atoms with Gasteiger partial charge in [0.25, 0.3) is 0 Å². The predicted molar refractivity (Wildman–Crippen MR) is 142 cm³/mol. The molecule has 7 heteroatoms. The van der Waals surface area contributed by atoms with Crippen LogP contribution >= 0.6 is 0 Å². The molecule has 3 aliphatic heterocycles. The van der Waals surface area contributed by atoms with Crippen LogP contribution in [0.1, 0.15) is 31.2 Å². The van der Waals surface area contributed by atoms with Crippen molar-refractivity contribution in [1.29, 1.82) is 0 Å². The molecule has 0 unspecified atom stereocenters. The van der Waals surface area contributed by atoms with E-state index < -0.39 is 5.60 Å². The van der Waals surface area contributed by atoms with Gasteiger partial charge in [0.1, 0.15) is 5.75 Å². The summed E-state index contributed by atoms with van der Waals surface area (Å²) in [6.45, 7) is 9.56. The number of amides is 1. The first-order chi connectivity index (χ1) is 17.6. The van der Waals surface area contributed by atoms with Crippen molar-refractivity contribution in [2.45, 2.75) is 37.8 Å². The maximum atomic E-state index is 11.7. The van der Waals surface area contributed by atoms with Gasteiger partial charge in [0.2, 0.25) is 5.91 Å². The van der Waals surface area contributed by atoms with E-state index in [-0.39, 0.29) is 5.91 Å². The summed E-state index contributed by atoms with van der Waals surface area (Å²) in [6, 6.07) is 18.9. The van der Waals surface area contributed by atoms with E-state index in [0.29, 0.717) is 13.0 Å². The molecule has 1 amide bonds. The first kappa shape index (κ1) is 25.1. The van der Waals surface area contributed by atoms with Gasteiger partial charge in [-0.3, -0.25) is 14.6 Å². The SMILES string of the molecule is O=C1CCCN1CCCOc1ccc(CN2CC[C@@](O)(CN3CCN(c4ccccc4)CC3)C2)cc1. The average Bonchev–Trinajstić information content (AvgIpc) is 3.48. The zero-order chi connectivity index (χ0) is 24.8.